The summed E-state index contributed by atoms with van der Waals surface area (Å²) in [7, 11) is 0. The van der Waals surface area contributed by atoms with E-state index in [-0.39, 0.29) is 0 Å². The van der Waals surface area contributed by atoms with Gasteiger partial charge in [-0.1, -0.05) is 6.07 Å². The number of pyridine rings is 1. The molecule has 0 amide bonds. The Bertz CT molecular complexity index is 360. The molecule has 0 unspecified atom stereocenters. The quantitative estimate of drug-likeness (QED) is 0.650. The lowest BCUT2D eigenvalue weighted by Crippen LogP contribution is -2.03. The maximum absolute atomic E-state index is 9.55. The molecule has 1 heterocycles. The second-order valence-corrected chi connectivity index (χ2v) is 2.87. The van der Waals surface area contributed by atoms with E-state index >= 15 is 0 Å². The van der Waals surface area contributed by atoms with E-state index in [1.807, 2.05) is 18.2 Å². The maximum atomic E-state index is 9.55. The number of hydrogen-bond donors (Lipinski definition) is 3. The minimum atomic E-state index is -1.26. The van der Waals surface area contributed by atoms with Crippen LogP contribution in [0.15, 0.2) is 36.5 Å². The summed E-state index contributed by atoms with van der Waals surface area (Å²) in [6.45, 7) is 0.678. The first-order valence-corrected chi connectivity index (χ1v) is 4.80. The molecule has 0 radical (unpaired) electrons. The van der Waals surface area contributed by atoms with Crippen molar-refractivity contribution in [2.45, 2.75) is 6.42 Å². The fourth-order valence-electron chi connectivity index (χ4n) is 0.836. The maximum Gasteiger partial charge on any atom is 0.328 e. The van der Waals surface area contributed by atoms with Crippen LogP contribution in [0.3, 0.4) is 0 Å². The van der Waals surface area contributed by atoms with Gasteiger partial charge >= 0.3 is 11.9 Å². The molecule has 0 atom stereocenters. The Morgan fingerprint density at radius 3 is 2.18 bits per heavy atom. The highest BCUT2D eigenvalue weighted by Crippen LogP contribution is 1.91. The summed E-state index contributed by atoms with van der Waals surface area (Å²) >= 11 is 0. The topological polar surface area (TPSA) is 114 Å². The van der Waals surface area contributed by atoms with Crippen LogP contribution in [0.1, 0.15) is 5.69 Å². The van der Waals surface area contributed by atoms with E-state index in [0.29, 0.717) is 18.7 Å². The molecular formula is C11H14N2O4. The van der Waals surface area contributed by atoms with Crippen molar-refractivity contribution in [3.8, 4) is 0 Å². The average molecular weight is 238 g/mol. The van der Waals surface area contributed by atoms with E-state index in [4.69, 9.17) is 15.9 Å². The highest BCUT2D eigenvalue weighted by Gasteiger charge is 1.88. The molecule has 1 aromatic rings. The molecule has 0 aliphatic carbocycles. The van der Waals surface area contributed by atoms with Crippen molar-refractivity contribution >= 4 is 11.9 Å². The summed E-state index contributed by atoms with van der Waals surface area (Å²) in [5.41, 5.74) is 6.39. The van der Waals surface area contributed by atoms with Gasteiger partial charge < -0.3 is 15.9 Å². The van der Waals surface area contributed by atoms with E-state index in [1.165, 1.54) is 0 Å². The van der Waals surface area contributed by atoms with E-state index in [0.717, 1.165) is 12.1 Å². The lowest BCUT2D eigenvalue weighted by molar-refractivity contribution is -0.134. The summed E-state index contributed by atoms with van der Waals surface area (Å²) in [5.74, 6) is -2.51. The average Bonchev–Trinajstić information content (AvgIpc) is 2.29. The van der Waals surface area contributed by atoms with Gasteiger partial charge in [0.15, 0.2) is 0 Å². The van der Waals surface area contributed by atoms with Crippen molar-refractivity contribution in [3.05, 3.63) is 42.2 Å². The highest BCUT2D eigenvalue weighted by molar-refractivity contribution is 5.89. The van der Waals surface area contributed by atoms with Crippen LogP contribution >= 0.6 is 0 Å². The van der Waals surface area contributed by atoms with Crippen molar-refractivity contribution in [2.24, 2.45) is 5.73 Å². The van der Waals surface area contributed by atoms with Gasteiger partial charge in [0.1, 0.15) is 0 Å². The first kappa shape index (κ1) is 14.8. The summed E-state index contributed by atoms with van der Waals surface area (Å²) in [5, 5.41) is 15.6. The van der Waals surface area contributed by atoms with Crippen molar-refractivity contribution < 1.29 is 19.8 Å². The number of nitrogens with two attached hydrogens (primary N) is 1. The number of carboxylic acid groups (broad SMARTS) is 2. The number of carboxylic acids is 2. The fraction of sp³-hybridized carbons (Fsp3) is 0.182. The molecule has 0 aromatic carbocycles. The fourth-order valence-corrected chi connectivity index (χ4v) is 0.836. The molecule has 1 rings (SSSR count). The molecule has 1 aromatic heterocycles. The summed E-state index contributed by atoms with van der Waals surface area (Å²) in [4.78, 5) is 23.2. The zero-order valence-electron chi connectivity index (χ0n) is 9.11. The third-order valence-corrected chi connectivity index (χ3v) is 1.50. The van der Waals surface area contributed by atoms with Gasteiger partial charge in [-0.15, -0.1) is 0 Å². The number of nitrogens with zero attached hydrogens (tertiary/aromatic N) is 1. The zero-order chi connectivity index (χ0) is 13.1. The number of hydrogen-bond acceptors (Lipinski definition) is 4. The van der Waals surface area contributed by atoms with Crippen molar-refractivity contribution in [2.75, 3.05) is 6.54 Å². The SMILES string of the molecule is NCCc1ccccn1.O=C(O)/C=C\C(=O)O. The first-order chi connectivity index (χ1) is 8.06. The molecule has 0 saturated heterocycles. The monoisotopic (exact) mass is 238 g/mol. The van der Waals surface area contributed by atoms with Gasteiger partial charge in [-0.25, -0.2) is 9.59 Å². The number of aromatic nitrogens is 1. The Kier molecular flexibility index (Phi) is 7.87. The van der Waals surface area contributed by atoms with E-state index in [2.05, 4.69) is 4.98 Å². The van der Waals surface area contributed by atoms with Crippen LogP contribution < -0.4 is 5.73 Å². The van der Waals surface area contributed by atoms with Crippen molar-refractivity contribution in [1.82, 2.24) is 4.98 Å². The van der Waals surface area contributed by atoms with Gasteiger partial charge in [-0.05, 0) is 18.7 Å². The lowest BCUT2D eigenvalue weighted by atomic mass is 10.3. The summed E-state index contributed by atoms with van der Waals surface area (Å²) < 4.78 is 0. The van der Waals surface area contributed by atoms with E-state index < -0.39 is 11.9 Å². The molecule has 0 aliphatic rings. The number of aliphatic carboxylic acids is 2. The molecule has 0 bridgehead atoms. The van der Waals surface area contributed by atoms with Gasteiger partial charge in [-0.2, -0.15) is 0 Å². The largest absolute Gasteiger partial charge is 0.478 e. The predicted octanol–water partition coefficient (Wildman–Crippen LogP) is 0.295. The zero-order valence-corrected chi connectivity index (χ0v) is 9.11. The molecule has 6 heteroatoms. The molecule has 0 spiro atoms. The summed E-state index contributed by atoms with van der Waals surface area (Å²) in [6.07, 6.45) is 3.77. The van der Waals surface area contributed by atoms with E-state index in [1.54, 1.807) is 6.20 Å². The Labute approximate surface area is 98.4 Å². The summed E-state index contributed by atoms with van der Waals surface area (Å²) in [6, 6.07) is 5.85. The van der Waals surface area contributed by atoms with Crippen LogP contribution in [-0.2, 0) is 16.0 Å². The normalized spacial score (nSPS) is 9.47. The Morgan fingerprint density at radius 2 is 1.82 bits per heavy atom. The minimum Gasteiger partial charge on any atom is -0.478 e. The van der Waals surface area contributed by atoms with Crippen LogP contribution in [0.4, 0.5) is 0 Å². The van der Waals surface area contributed by atoms with Gasteiger partial charge in [0.05, 0.1) is 0 Å². The standard InChI is InChI=1S/C7H10N2.C4H4O4/c8-5-4-7-3-1-2-6-9-7;5-3(6)1-2-4(7)8/h1-3,6H,4-5,8H2;1-2H,(H,5,6)(H,7,8)/b;2-1-. The highest BCUT2D eigenvalue weighted by atomic mass is 16.4. The van der Waals surface area contributed by atoms with Crippen LogP contribution in [0.25, 0.3) is 0 Å². The third-order valence-electron chi connectivity index (χ3n) is 1.50. The van der Waals surface area contributed by atoms with Crippen LogP contribution in [0.2, 0.25) is 0 Å². The Hall–Kier alpha value is -2.21. The Balaban J connectivity index is 0.000000304. The second kappa shape index (κ2) is 9.05. The van der Waals surface area contributed by atoms with Gasteiger partial charge in [-0.3, -0.25) is 4.98 Å². The Morgan fingerprint density at radius 1 is 1.24 bits per heavy atom. The first-order valence-electron chi connectivity index (χ1n) is 4.80. The second-order valence-electron chi connectivity index (χ2n) is 2.87. The van der Waals surface area contributed by atoms with Crippen LogP contribution in [-0.4, -0.2) is 33.7 Å². The van der Waals surface area contributed by atoms with E-state index in [9.17, 15) is 9.59 Å². The molecular weight excluding hydrogens is 224 g/mol. The van der Waals surface area contributed by atoms with Gasteiger partial charge in [0.2, 0.25) is 0 Å². The number of carbonyl (C=O) groups is 2. The van der Waals surface area contributed by atoms with Gasteiger partial charge in [0, 0.05) is 30.5 Å². The molecule has 0 aliphatic heterocycles. The predicted molar refractivity (Wildman–Crippen MR) is 61.4 cm³/mol. The van der Waals surface area contributed by atoms with Crippen molar-refractivity contribution in [3.63, 3.8) is 0 Å². The third kappa shape index (κ3) is 10.1. The molecule has 4 N–H and O–H groups in total. The van der Waals surface area contributed by atoms with Gasteiger partial charge in [0.25, 0.3) is 0 Å². The van der Waals surface area contributed by atoms with Crippen molar-refractivity contribution in [1.29, 1.82) is 0 Å². The smallest absolute Gasteiger partial charge is 0.328 e. The molecule has 17 heavy (non-hydrogen) atoms. The number of rotatable bonds is 4. The molecule has 0 saturated carbocycles. The molecule has 92 valence electrons. The van der Waals surface area contributed by atoms with Crippen LogP contribution in [0.5, 0.6) is 0 Å². The molecule has 0 fully saturated rings. The molecule has 6 nitrogen and oxygen atoms in total. The minimum absolute atomic E-state index is 0.558. The lowest BCUT2D eigenvalue weighted by Gasteiger charge is -1.92. The van der Waals surface area contributed by atoms with Crippen LogP contribution in [0, 0.1) is 0 Å².